The zero-order valence-corrected chi connectivity index (χ0v) is 16.6. The second kappa shape index (κ2) is 8.18. The number of likely N-dealkylation sites (tertiary alicyclic amines) is 1. The van der Waals surface area contributed by atoms with E-state index in [-0.39, 0.29) is 74.8 Å². The second-order valence-corrected chi connectivity index (χ2v) is 8.04. The first-order chi connectivity index (χ1) is 15.9. The van der Waals surface area contributed by atoms with Crippen molar-refractivity contribution in [2.24, 2.45) is 0 Å². The average molecular weight is 442 g/mol. The fraction of sp³-hybridized carbons (Fsp3) is 0.316. The van der Waals surface area contributed by atoms with Crippen LogP contribution in [0.4, 0.5) is 10.2 Å². The number of piperidine rings is 1. The Morgan fingerprint density at radius 1 is 1.46 bits per heavy atom. The maximum Gasteiger partial charge on any atom is 0.162 e. The van der Waals surface area contributed by atoms with Gasteiger partial charge in [0.1, 0.15) is 24.4 Å². The number of benzene rings is 1. The molecule has 3 heterocycles. The molecular formula is C19H16Cl2FN5S. The molecule has 0 spiro atoms. The number of nitriles is 1. The molecule has 0 aliphatic carbocycles. The molecule has 5 nitrogen and oxygen atoms in total. The summed E-state index contributed by atoms with van der Waals surface area (Å²) in [5, 5.41) is 9.79. The summed E-state index contributed by atoms with van der Waals surface area (Å²) < 4.78 is 64.7. The third-order valence-electron chi connectivity index (χ3n) is 4.19. The smallest absolute Gasteiger partial charge is 0.162 e. The summed E-state index contributed by atoms with van der Waals surface area (Å²) in [7, 11) is 0. The van der Waals surface area contributed by atoms with E-state index in [1.54, 1.807) is 6.07 Å². The molecule has 0 unspecified atom stereocenters. The number of nitrogens with zero attached hydrogens (tertiary/aromatic N) is 4. The molecule has 1 saturated heterocycles. The zero-order chi connectivity index (χ0) is 25.0. The van der Waals surface area contributed by atoms with Crippen LogP contribution in [0.3, 0.4) is 0 Å². The zero-order valence-electron chi connectivity index (χ0n) is 20.3. The summed E-state index contributed by atoms with van der Waals surface area (Å²) >= 11 is 12.9. The van der Waals surface area contributed by atoms with Gasteiger partial charge in [0.25, 0.3) is 0 Å². The number of hydrogen-bond acceptors (Lipinski definition) is 6. The highest BCUT2D eigenvalue weighted by molar-refractivity contribution is 7.22. The van der Waals surface area contributed by atoms with E-state index in [9.17, 15) is 4.39 Å². The van der Waals surface area contributed by atoms with Crippen LogP contribution in [0.5, 0.6) is 0 Å². The first-order valence-corrected chi connectivity index (χ1v) is 9.83. The molecule has 144 valence electrons. The van der Waals surface area contributed by atoms with Crippen LogP contribution in [-0.2, 0) is 6.50 Å². The summed E-state index contributed by atoms with van der Waals surface area (Å²) in [4.78, 5) is 9.65. The molecule has 0 bridgehead atoms. The minimum absolute atomic E-state index is 0.0128. The van der Waals surface area contributed by atoms with Crippen LogP contribution in [0.25, 0.3) is 10.2 Å². The highest BCUT2D eigenvalue weighted by Crippen LogP contribution is 2.32. The number of nitrogens with one attached hydrogen (secondary N) is 1. The van der Waals surface area contributed by atoms with E-state index in [0.717, 1.165) is 28.8 Å². The predicted octanol–water partition coefficient (Wildman–Crippen LogP) is 5.09. The van der Waals surface area contributed by atoms with Gasteiger partial charge in [0.05, 0.1) is 23.1 Å². The fourth-order valence-corrected chi connectivity index (χ4v) is 4.04. The SMILES string of the molecule is [2H]c1nc(N([2H])C2([2H])CCN(C([2H])([2H])c3cc(Cl)c(F)c(C#N)c3)CC2)c2c([2H])c(Cl)sc2n1. The van der Waals surface area contributed by atoms with Crippen LogP contribution in [0.2, 0.25) is 10.8 Å². The molecule has 2 aromatic heterocycles. The van der Waals surface area contributed by atoms with E-state index < -0.39 is 18.3 Å². The van der Waals surface area contributed by atoms with Gasteiger partial charge in [-0.3, -0.25) is 4.90 Å². The van der Waals surface area contributed by atoms with Crippen LogP contribution in [0.15, 0.2) is 24.5 Å². The molecule has 0 atom stereocenters. The predicted molar refractivity (Wildman–Crippen MR) is 110 cm³/mol. The van der Waals surface area contributed by atoms with E-state index in [2.05, 4.69) is 9.97 Å². The molecule has 9 heteroatoms. The van der Waals surface area contributed by atoms with Crippen molar-refractivity contribution in [1.29, 1.82) is 5.26 Å². The monoisotopic (exact) mass is 441 g/mol. The molecule has 1 aromatic carbocycles. The highest BCUT2D eigenvalue weighted by Gasteiger charge is 2.21. The molecule has 1 aliphatic rings. The summed E-state index contributed by atoms with van der Waals surface area (Å²) in [5.41, 5.74) is -0.353. The number of thiophene rings is 1. The summed E-state index contributed by atoms with van der Waals surface area (Å²) in [5.74, 6) is -0.983. The van der Waals surface area contributed by atoms with E-state index in [1.165, 1.54) is 4.90 Å². The molecular weight excluding hydrogens is 420 g/mol. The molecule has 0 saturated carbocycles. The van der Waals surface area contributed by atoms with E-state index >= 15 is 0 Å². The molecule has 4 rings (SSSR count). The average Bonchev–Trinajstić information content (AvgIpc) is 3.07. The third-order valence-corrected chi connectivity index (χ3v) is 5.57. The number of hydrogen-bond donors (Lipinski definition) is 1. The topological polar surface area (TPSA) is 64.8 Å². The van der Waals surface area contributed by atoms with Crippen molar-refractivity contribution in [3.05, 3.63) is 50.8 Å². The number of rotatable bonds is 4. The lowest BCUT2D eigenvalue weighted by Gasteiger charge is -2.32. The third kappa shape index (κ3) is 4.06. The minimum atomic E-state index is -2.11. The number of fused-ring (bicyclic) bond motifs is 1. The van der Waals surface area contributed by atoms with Crippen molar-refractivity contribution in [3.63, 3.8) is 0 Å². The second-order valence-electron chi connectivity index (χ2n) is 6.04. The summed E-state index contributed by atoms with van der Waals surface area (Å²) in [6.45, 7) is -1.99. The van der Waals surface area contributed by atoms with Gasteiger partial charge in [0, 0.05) is 28.3 Å². The van der Waals surface area contributed by atoms with Crippen molar-refractivity contribution in [2.75, 3.05) is 18.4 Å². The first kappa shape index (κ1) is 13.3. The van der Waals surface area contributed by atoms with Gasteiger partial charge in [0.2, 0.25) is 0 Å². The number of aromatic nitrogens is 2. The quantitative estimate of drug-likeness (QED) is 0.610. The Bertz CT molecular complexity index is 1320. The van der Waals surface area contributed by atoms with Gasteiger partial charge in [0.15, 0.2) is 7.23 Å². The van der Waals surface area contributed by atoms with Crippen LogP contribution in [0, 0.1) is 17.1 Å². The lowest BCUT2D eigenvalue weighted by Crippen LogP contribution is -2.38. The highest BCUT2D eigenvalue weighted by atomic mass is 35.5. The van der Waals surface area contributed by atoms with E-state index in [0.29, 0.717) is 0 Å². The van der Waals surface area contributed by atoms with Crippen LogP contribution in [0.1, 0.15) is 30.8 Å². The molecule has 1 N–H and O–H groups in total. The Hall–Kier alpha value is -1.98. The van der Waals surface area contributed by atoms with Gasteiger partial charge in [-0.2, -0.15) is 5.26 Å². The lowest BCUT2D eigenvalue weighted by molar-refractivity contribution is 0.211. The molecule has 3 aromatic rings. The standard InChI is InChI=1S/C19H16Cl2FN5S/c20-15-6-11(5-12(8-23)17(15)22)9-27-3-1-13(2-4-27)26-18-14-7-16(21)28-19(14)25-10-24-18/h5-7,10,13H,1-4,9H2,(H,24,25,26)/i7D,9D2,10D,13D/hD. The van der Waals surface area contributed by atoms with Crippen LogP contribution < -0.4 is 5.31 Å². The van der Waals surface area contributed by atoms with Gasteiger partial charge in [-0.1, -0.05) is 23.2 Å². The van der Waals surface area contributed by atoms with Crippen molar-refractivity contribution in [2.45, 2.75) is 25.4 Å². The molecule has 1 aliphatic heterocycles. The van der Waals surface area contributed by atoms with Gasteiger partial charge in [-0.05, 0) is 36.6 Å². The van der Waals surface area contributed by atoms with Crippen molar-refractivity contribution >= 4 is 50.6 Å². The number of anilines is 1. The lowest BCUT2D eigenvalue weighted by atomic mass is 10.0. The summed E-state index contributed by atoms with van der Waals surface area (Å²) in [6, 6.07) is 2.32. The van der Waals surface area contributed by atoms with E-state index in [1.807, 2.05) is 0 Å². The molecule has 0 radical (unpaired) electrons. The van der Waals surface area contributed by atoms with E-state index in [4.69, 9.17) is 36.7 Å². The Morgan fingerprint density at radius 3 is 3.00 bits per heavy atom. The van der Waals surface area contributed by atoms with Crippen molar-refractivity contribution in [1.82, 2.24) is 14.9 Å². The molecule has 28 heavy (non-hydrogen) atoms. The minimum Gasteiger partial charge on any atom is -0.367 e. The Morgan fingerprint density at radius 2 is 2.25 bits per heavy atom. The van der Waals surface area contributed by atoms with Gasteiger partial charge >= 0.3 is 0 Å². The first-order valence-electron chi connectivity index (χ1n) is 11.2. The molecule has 1 fully saturated rings. The Labute approximate surface area is 184 Å². The number of halogens is 3. The van der Waals surface area contributed by atoms with Gasteiger partial charge in [-0.15, -0.1) is 11.3 Å². The van der Waals surface area contributed by atoms with Crippen LogP contribution in [-0.4, -0.2) is 34.0 Å². The summed E-state index contributed by atoms with van der Waals surface area (Å²) in [6.07, 6.45) is -0.309. The Balaban J connectivity index is 1.61. The maximum absolute atomic E-state index is 13.9. The largest absolute Gasteiger partial charge is 0.367 e. The van der Waals surface area contributed by atoms with Gasteiger partial charge < -0.3 is 5.31 Å². The van der Waals surface area contributed by atoms with Crippen LogP contribution >= 0.6 is 34.5 Å². The maximum atomic E-state index is 13.9. The molecule has 0 amide bonds. The van der Waals surface area contributed by atoms with Gasteiger partial charge in [-0.25, -0.2) is 14.4 Å². The van der Waals surface area contributed by atoms with Crippen molar-refractivity contribution < 1.29 is 12.7 Å². The van der Waals surface area contributed by atoms with Crippen molar-refractivity contribution in [3.8, 4) is 6.07 Å². The normalized spacial score (nSPS) is 20.4. The fourth-order valence-electron chi connectivity index (χ4n) is 2.85. The Kier molecular flexibility index (Phi) is 3.88.